The fraction of sp³-hybridized carbons (Fsp3) is 0.333. The average Bonchev–Trinajstić information content (AvgIpc) is 2.81. The van der Waals surface area contributed by atoms with Crippen LogP contribution in [0.3, 0.4) is 0 Å². The first-order valence-electron chi connectivity index (χ1n) is 5.57. The molecule has 0 radical (unpaired) electrons. The lowest BCUT2D eigenvalue weighted by Crippen LogP contribution is -2.29. The minimum absolute atomic E-state index is 0.195. The molecule has 0 aliphatic rings. The molecule has 5 nitrogen and oxygen atoms in total. The van der Waals surface area contributed by atoms with Gasteiger partial charge in [0.2, 0.25) is 0 Å². The Morgan fingerprint density at radius 1 is 1.47 bits per heavy atom. The number of nitrogens with one attached hydrogen (secondary N) is 1. The molecule has 5 heteroatoms. The molecular weight excluding hydrogens is 216 g/mol. The van der Waals surface area contributed by atoms with Crippen LogP contribution in [0.1, 0.15) is 12.6 Å². The van der Waals surface area contributed by atoms with Crippen molar-refractivity contribution in [2.45, 2.75) is 26.1 Å². The van der Waals surface area contributed by atoms with Crippen molar-refractivity contribution in [2.75, 3.05) is 0 Å². The SMILES string of the molecule is CC(Cn1ccnc1)NCc1ccc(O)cn1. The van der Waals surface area contributed by atoms with E-state index in [9.17, 15) is 0 Å². The molecule has 0 saturated carbocycles. The minimum atomic E-state index is 0.195. The van der Waals surface area contributed by atoms with Gasteiger partial charge in [-0.3, -0.25) is 4.98 Å². The second kappa shape index (κ2) is 5.45. The van der Waals surface area contributed by atoms with Crippen molar-refractivity contribution in [3.05, 3.63) is 42.7 Å². The van der Waals surface area contributed by atoms with Crippen molar-refractivity contribution >= 4 is 0 Å². The van der Waals surface area contributed by atoms with Crippen molar-refractivity contribution in [1.82, 2.24) is 19.9 Å². The Morgan fingerprint density at radius 2 is 2.35 bits per heavy atom. The summed E-state index contributed by atoms with van der Waals surface area (Å²) >= 11 is 0. The molecule has 0 amide bonds. The van der Waals surface area contributed by atoms with Gasteiger partial charge in [-0.1, -0.05) is 0 Å². The number of hydrogen-bond acceptors (Lipinski definition) is 4. The monoisotopic (exact) mass is 232 g/mol. The predicted octanol–water partition coefficient (Wildman–Crippen LogP) is 1.16. The highest BCUT2D eigenvalue weighted by molar-refractivity contribution is 5.17. The molecule has 2 rings (SSSR count). The molecule has 1 unspecified atom stereocenters. The van der Waals surface area contributed by atoms with Crippen molar-refractivity contribution < 1.29 is 5.11 Å². The quantitative estimate of drug-likeness (QED) is 0.812. The summed E-state index contributed by atoms with van der Waals surface area (Å²) in [5.74, 6) is 0.195. The second-order valence-corrected chi connectivity index (χ2v) is 4.05. The molecule has 2 N–H and O–H groups in total. The van der Waals surface area contributed by atoms with Crippen LogP contribution in [0.4, 0.5) is 0 Å². The number of hydrogen-bond donors (Lipinski definition) is 2. The number of rotatable bonds is 5. The highest BCUT2D eigenvalue weighted by Gasteiger charge is 2.02. The maximum absolute atomic E-state index is 9.11. The molecule has 90 valence electrons. The van der Waals surface area contributed by atoms with Gasteiger partial charge in [0.05, 0.1) is 18.2 Å². The van der Waals surface area contributed by atoms with E-state index >= 15 is 0 Å². The van der Waals surface area contributed by atoms with Crippen LogP contribution in [-0.2, 0) is 13.1 Å². The lowest BCUT2D eigenvalue weighted by molar-refractivity contribution is 0.464. The molecule has 2 heterocycles. The number of aromatic hydroxyl groups is 1. The maximum atomic E-state index is 9.11. The Hall–Kier alpha value is -1.88. The number of imidazole rings is 1. The van der Waals surface area contributed by atoms with Gasteiger partial charge in [0.25, 0.3) is 0 Å². The van der Waals surface area contributed by atoms with Gasteiger partial charge in [0.15, 0.2) is 0 Å². The normalized spacial score (nSPS) is 12.5. The highest BCUT2D eigenvalue weighted by Crippen LogP contribution is 2.05. The molecule has 2 aromatic rings. The number of aromatic nitrogens is 3. The van der Waals surface area contributed by atoms with Gasteiger partial charge in [0, 0.05) is 31.5 Å². The molecule has 2 aromatic heterocycles. The Morgan fingerprint density at radius 3 is 3.00 bits per heavy atom. The third-order valence-corrected chi connectivity index (χ3v) is 2.48. The largest absolute Gasteiger partial charge is 0.506 e. The van der Waals surface area contributed by atoms with Crippen molar-refractivity contribution in [2.24, 2.45) is 0 Å². The lowest BCUT2D eigenvalue weighted by Gasteiger charge is -2.13. The summed E-state index contributed by atoms with van der Waals surface area (Å²) in [6.45, 7) is 3.68. The van der Waals surface area contributed by atoms with Crippen molar-refractivity contribution in [3.63, 3.8) is 0 Å². The molecule has 0 spiro atoms. The molecule has 0 aliphatic heterocycles. The molecule has 1 atom stereocenters. The highest BCUT2D eigenvalue weighted by atomic mass is 16.3. The van der Waals surface area contributed by atoms with E-state index < -0.39 is 0 Å². The fourth-order valence-electron chi connectivity index (χ4n) is 1.58. The first-order chi connectivity index (χ1) is 8.24. The number of nitrogens with zero attached hydrogens (tertiary/aromatic N) is 3. The summed E-state index contributed by atoms with van der Waals surface area (Å²) in [5.41, 5.74) is 0.917. The Balaban J connectivity index is 1.79. The third kappa shape index (κ3) is 3.57. The van der Waals surface area contributed by atoms with E-state index in [0.717, 1.165) is 12.2 Å². The Bertz CT molecular complexity index is 438. The summed E-state index contributed by atoms with van der Waals surface area (Å²) in [6, 6.07) is 3.79. The Labute approximate surface area is 100 Å². The molecule has 0 aliphatic carbocycles. The standard InChI is InChI=1S/C12H16N4O/c1-10(8-16-5-4-13-9-16)14-6-11-2-3-12(17)7-15-11/h2-5,7,9-10,14,17H,6,8H2,1H3. The third-order valence-electron chi connectivity index (χ3n) is 2.48. The predicted molar refractivity (Wildman–Crippen MR) is 64.4 cm³/mol. The van der Waals surface area contributed by atoms with Gasteiger partial charge in [-0.25, -0.2) is 4.98 Å². The molecule has 0 bridgehead atoms. The summed E-state index contributed by atoms with van der Waals surface area (Å²) in [4.78, 5) is 8.11. The summed E-state index contributed by atoms with van der Waals surface area (Å²) in [7, 11) is 0. The van der Waals surface area contributed by atoms with Crippen LogP contribution in [0, 0.1) is 0 Å². The minimum Gasteiger partial charge on any atom is -0.506 e. The van der Waals surface area contributed by atoms with Gasteiger partial charge < -0.3 is 15.0 Å². The van der Waals surface area contributed by atoms with Crippen LogP contribution in [-0.4, -0.2) is 25.7 Å². The molecule has 0 aromatic carbocycles. The van der Waals surface area contributed by atoms with E-state index in [1.54, 1.807) is 18.6 Å². The van der Waals surface area contributed by atoms with Crippen LogP contribution >= 0.6 is 0 Å². The zero-order valence-electron chi connectivity index (χ0n) is 9.74. The van der Waals surface area contributed by atoms with E-state index in [-0.39, 0.29) is 5.75 Å². The van der Waals surface area contributed by atoms with E-state index in [1.165, 1.54) is 6.20 Å². The van der Waals surface area contributed by atoms with Crippen molar-refractivity contribution in [3.8, 4) is 5.75 Å². The molecule has 17 heavy (non-hydrogen) atoms. The molecular formula is C12H16N4O. The first-order valence-corrected chi connectivity index (χ1v) is 5.57. The van der Waals surface area contributed by atoms with Gasteiger partial charge >= 0.3 is 0 Å². The van der Waals surface area contributed by atoms with Crippen LogP contribution in [0.2, 0.25) is 0 Å². The van der Waals surface area contributed by atoms with E-state index in [1.807, 2.05) is 16.8 Å². The van der Waals surface area contributed by atoms with E-state index in [4.69, 9.17) is 5.11 Å². The van der Waals surface area contributed by atoms with E-state index in [2.05, 4.69) is 22.2 Å². The smallest absolute Gasteiger partial charge is 0.133 e. The fourth-order valence-corrected chi connectivity index (χ4v) is 1.58. The zero-order valence-corrected chi connectivity index (χ0v) is 9.74. The van der Waals surface area contributed by atoms with Gasteiger partial charge in [0.1, 0.15) is 5.75 Å². The van der Waals surface area contributed by atoms with Crippen LogP contribution in [0.25, 0.3) is 0 Å². The first kappa shape index (κ1) is 11.6. The molecule has 0 saturated heterocycles. The van der Waals surface area contributed by atoms with Crippen molar-refractivity contribution in [1.29, 1.82) is 0 Å². The van der Waals surface area contributed by atoms with E-state index in [0.29, 0.717) is 12.6 Å². The topological polar surface area (TPSA) is 63.0 Å². The summed E-state index contributed by atoms with van der Waals surface area (Å²) < 4.78 is 2.03. The van der Waals surface area contributed by atoms with Crippen LogP contribution in [0.5, 0.6) is 5.75 Å². The average molecular weight is 232 g/mol. The van der Waals surface area contributed by atoms with Gasteiger partial charge in [-0.15, -0.1) is 0 Å². The Kier molecular flexibility index (Phi) is 3.72. The zero-order chi connectivity index (χ0) is 12.1. The molecule has 0 fully saturated rings. The van der Waals surface area contributed by atoms with Gasteiger partial charge in [-0.05, 0) is 19.1 Å². The second-order valence-electron chi connectivity index (χ2n) is 4.05. The van der Waals surface area contributed by atoms with Crippen LogP contribution in [0.15, 0.2) is 37.1 Å². The lowest BCUT2D eigenvalue weighted by atomic mass is 10.3. The van der Waals surface area contributed by atoms with Crippen LogP contribution < -0.4 is 5.32 Å². The summed E-state index contributed by atoms with van der Waals surface area (Å²) in [5, 5.41) is 12.5. The number of pyridine rings is 1. The van der Waals surface area contributed by atoms with Gasteiger partial charge in [-0.2, -0.15) is 0 Å². The maximum Gasteiger partial charge on any atom is 0.133 e. The summed E-state index contributed by atoms with van der Waals surface area (Å²) in [6.07, 6.45) is 6.97.